The molecule has 0 saturated heterocycles. The van der Waals surface area contributed by atoms with Crippen molar-refractivity contribution in [1.29, 1.82) is 0 Å². The van der Waals surface area contributed by atoms with Gasteiger partial charge in [0.25, 0.3) is 5.91 Å². The van der Waals surface area contributed by atoms with Gasteiger partial charge in [-0.25, -0.2) is 9.59 Å². The Labute approximate surface area is 156 Å². The van der Waals surface area contributed by atoms with Crippen LogP contribution >= 0.6 is 11.3 Å². The van der Waals surface area contributed by atoms with Crippen LogP contribution in [0, 0.1) is 20.8 Å². The van der Waals surface area contributed by atoms with Gasteiger partial charge in [0.05, 0.1) is 0 Å². The van der Waals surface area contributed by atoms with Gasteiger partial charge in [0.1, 0.15) is 4.88 Å². The largest absolute Gasteiger partial charge is 0.451 e. The van der Waals surface area contributed by atoms with E-state index >= 15 is 0 Å². The number of hydrogen-bond acceptors (Lipinski definition) is 5. The normalized spacial score (nSPS) is 10.3. The molecule has 0 fully saturated rings. The molecule has 0 atom stereocenters. The number of imide groups is 1. The monoisotopic (exact) mass is 374 g/mol. The molecule has 0 aliphatic rings. The molecule has 0 unspecified atom stereocenters. The lowest BCUT2D eigenvalue weighted by Crippen LogP contribution is -2.37. The molecular formula is C19H22N2O4S. The second kappa shape index (κ2) is 8.62. The van der Waals surface area contributed by atoms with Crippen molar-refractivity contribution in [2.24, 2.45) is 0 Å². The highest BCUT2D eigenvalue weighted by atomic mass is 32.1. The molecule has 0 radical (unpaired) electrons. The molecule has 2 N–H and O–H groups in total. The summed E-state index contributed by atoms with van der Waals surface area (Å²) >= 11 is 1.35. The lowest BCUT2D eigenvalue weighted by molar-refractivity contribution is -0.123. The summed E-state index contributed by atoms with van der Waals surface area (Å²) in [4.78, 5) is 37.2. The third kappa shape index (κ3) is 5.16. The summed E-state index contributed by atoms with van der Waals surface area (Å²) in [6, 6.07) is 6.63. The molecule has 0 aliphatic heterocycles. The zero-order valence-electron chi connectivity index (χ0n) is 15.3. The van der Waals surface area contributed by atoms with Gasteiger partial charge in [-0.3, -0.25) is 10.1 Å². The van der Waals surface area contributed by atoms with E-state index in [1.54, 1.807) is 12.1 Å². The highest BCUT2D eigenvalue weighted by molar-refractivity contribution is 7.14. The van der Waals surface area contributed by atoms with Crippen molar-refractivity contribution in [1.82, 2.24) is 5.32 Å². The fourth-order valence-electron chi connectivity index (χ4n) is 2.44. The molecule has 2 rings (SSSR count). The van der Waals surface area contributed by atoms with Gasteiger partial charge in [0.2, 0.25) is 0 Å². The summed E-state index contributed by atoms with van der Waals surface area (Å²) in [5.74, 6) is -1.26. The minimum Gasteiger partial charge on any atom is -0.451 e. The van der Waals surface area contributed by atoms with Gasteiger partial charge in [0.15, 0.2) is 6.61 Å². The van der Waals surface area contributed by atoms with Crippen LogP contribution in [0.15, 0.2) is 24.3 Å². The average Bonchev–Trinajstić information content (AvgIpc) is 2.96. The highest BCUT2D eigenvalue weighted by Gasteiger charge is 2.16. The standard InChI is InChI=1S/C19H22N2O4S/c1-5-15-13(4)9-16(26-15)18(23)25-10-17(22)21-19(24)20-14-7-6-11(2)8-12(14)3/h6-9H,5,10H2,1-4H3,(H2,20,21,22,24). The predicted molar refractivity (Wildman–Crippen MR) is 102 cm³/mol. The fourth-order valence-corrected chi connectivity index (χ4v) is 3.45. The first-order chi connectivity index (χ1) is 12.3. The second-order valence-electron chi connectivity index (χ2n) is 5.97. The maximum atomic E-state index is 12.0. The lowest BCUT2D eigenvalue weighted by Gasteiger charge is -2.10. The summed E-state index contributed by atoms with van der Waals surface area (Å²) < 4.78 is 4.97. The van der Waals surface area contributed by atoms with Gasteiger partial charge in [-0.05, 0) is 50.5 Å². The Balaban J connectivity index is 1.84. The number of esters is 1. The van der Waals surface area contributed by atoms with Crippen LogP contribution in [0.4, 0.5) is 10.5 Å². The van der Waals surface area contributed by atoms with Crippen LogP contribution in [0.5, 0.6) is 0 Å². The van der Waals surface area contributed by atoms with E-state index in [9.17, 15) is 14.4 Å². The number of amides is 3. The molecular weight excluding hydrogens is 352 g/mol. The topological polar surface area (TPSA) is 84.5 Å². The fraction of sp³-hybridized carbons (Fsp3) is 0.316. The molecule has 1 aromatic heterocycles. The van der Waals surface area contributed by atoms with Crippen LogP contribution in [-0.2, 0) is 16.0 Å². The van der Waals surface area contributed by atoms with Gasteiger partial charge in [-0.1, -0.05) is 24.6 Å². The number of thiophene rings is 1. The molecule has 0 aliphatic carbocycles. The number of anilines is 1. The summed E-state index contributed by atoms with van der Waals surface area (Å²) in [7, 11) is 0. The van der Waals surface area contributed by atoms with E-state index in [1.807, 2.05) is 39.8 Å². The Morgan fingerprint density at radius 2 is 1.81 bits per heavy atom. The first kappa shape index (κ1) is 19.7. The number of carbonyl (C=O) groups excluding carboxylic acids is 3. The summed E-state index contributed by atoms with van der Waals surface area (Å²) in [5.41, 5.74) is 3.60. The van der Waals surface area contributed by atoms with Crippen LogP contribution < -0.4 is 10.6 Å². The number of urea groups is 1. The van der Waals surface area contributed by atoms with E-state index in [1.165, 1.54) is 11.3 Å². The zero-order chi connectivity index (χ0) is 19.3. The lowest BCUT2D eigenvalue weighted by atomic mass is 10.1. The number of benzene rings is 1. The van der Waals surface area contributed by atoms with Crippen molar-refractivity contribution in [3.63, 3.8) is 0 Å². The minimum absolute atomic E-state index is 0.451. The molecule has 0 saturated carbocycles. The first-order valence-corrected chi connectivity index (χ1v) is 9.06. The molecule has 0 bridgehead atoms. The van der Waals surface area contributed by atoms with E-state index in [0.29, 0.717) is 10.6 Å². The third-order valence-corrected chi connectivity index (χ3v) is 5.12. The number of aryl methyl sites for hydroxylation is 4. The molecule has 7 heteroatoms. The Morgan fingerprint density at radius 3 is 2.42 bits per heavy atom. The minimum atomic E-state index is -0.690. The molecule has 6 nitrogen and oxygen atoms in total. The van der Waals surface area contributed by atoms with Crippen molar-refractivity contribution >= 4 is 34.9 Å². The van der Waals surface area contributed by atoms with Gasteiger partial charge in [-0.2, -0.15) is 0 Å². The molecule has 138 valence electrons. The summed E-state index contributed by atoms with van der Waals surface area (Å²) in [6.07, 6.45) is 0.836. The molecule has 3 amide bonds. The van der Waals surface area contributed by atoms with E-state index in [-0.39, 0.29) is 0 Å². The number of rotatable bonds is 5. The third-order valence-electron chi connectivity index (χ3n) is 3.76. The quantitative estimate of drug-likeness (QED) is 0.781. The molecule has 2 aromatic rings. The average molecular weight is 374 g/mol. The smallest absolute Gasteiger partial charge is 0.348 e. The Kier molecular flexibility index (Phi) is 6.52. The van der Waals surface area contributed by atoms with Crippen molar-refractivity contribution in [3.8, 4) is 0 Å². The Hall–Kier alpha value is -2.67. The Bertz CT molecular complexity index is 842. The molecule has 1 heterocycles. The maximum absolute atomic E-state index is 12.0. The van der Waals surface area contributed by atoms with Crippen molar-refractivity contribution < 1.29 is 19.1 Å². The van der Waals surface area contributed by atoms with Gasteiger partial charge in [0, 0.05) is 10.6 Å². The van der Waals surface area contributed by atoms with Gasteiger partial charge in [-0.15, -0.1) is 11.3 Å². The first-order valence-electron chi connectivity index (χ1n) is 8.24. The van der Waals surface area contributed by atoms with Crippen molar-refractivity contribution in [3.05, 3.63) is 50.7 Å². The molecule has 1 aromatic carbocycles. The van der Waals surface area contributed by atoms with E-state index in [0.717, 1.165) is 28.0 Å². The van der Waals surface area contributed by atoms with Crippen LogP contribution in [0.1, 0.15) is 38.2 Å². The number of nitrogens with one attached hydrogen (secondary N) is 2. The van der Waals surface area contributed by atoms with Crippen LogP contribution in [0.25, 0.3) is 0 Å². The van der Waals surface area contributed by atoms with E-state index in [2.05, 4.69) is 10.6 Å². The number of ether oxygens (including phenoxy) is 1. The van der Waals surface area contributed by atoms with Gasteiger partial charge < -0.3 is 10.1 Å². The SMILES string of the molecule is CCc1sc(C(=O)OCC(=O)NC(=O)Nc2ccc(C)cc2C)cc1C. The predicted octanol–water partition coefficient (Wildman–Crippen LogP) is 3.74. The van der Waals surface area contributed by atoms with Crippen LogP contribution in [0.3, 0.4) is 0 Å². The maximum Gasteiger partial charge on any atom is 0.348 e. The highest BCUT2D eigenvalue weighted by Crippen LogP contribution is 2.23. The summed E-state index contributed by atoms with van der Waals surface area (Å²) in [5, 5.41) is 4.74. The second-order valence-corrected chi connectivity index (χ2v) is 7.10. The van der Waals surface area contributed by atoms with Crippen molar-refractivity contribution in [2.45, 2.75) is 34.1 Å². The van der Waals surface area contributed by atoms with Crippen LogP contribution in [0.2, 0.25) is 0 Å². The van der Waals surface area contributed by atoms with E-state index < -0.39 is 24.5 Å². The van der Waals surface area contributed by atoms with Crippen molar-refractivity contribution in [2.75, 3.05) is 11.9 Å². The van der Waals surface area contributed by atoms with E-state index in [4.69, 9.17) is 4.74 Å². The molecule has 0 spiro atoms. The molecule has 26 heavy (non-hydrogen) atoms. The van der Waals surface area contributed by atoms with Crippen LogP contribution in [-0.4, -0.2) is 24.5 Å². The number of hydrogen-bond donors (Lipinski definition) is 2. The zero-order valence-corrected chi connectivity index (χ0v) is 16.1. The Morgan fingerprint density at radius 1 is 1.08 bits per heavy atom. The summed E-state index contributed by atoms with van der Waals surface area (Å²) in [6.45, 7) is 7.23. The van der Waals surface area contributed by atoms with Gasteiger partial charge >= 0.3 is 12.0 Å². The number of carbonyl (C=O) groups is 3.